The molecule has 0 aliphatic carbocycles. The van der Waals surface area contributed by atoms with E-state index in [2.05, 4.69) is 24.4 Å². The number of hydrogen-bond donors (Lipinski definition) is 1. The predicted molar refractivity (Wildman–Crippen MR) is 81.0 cm³/mol. The summed E-state index contributed by atoms with van der Waals surface area (Å²) in [7, 11) is 0. The summed E-state index contributed by atoms with van der Waals surface area (Å²) in [6.07, 6.45) is 0. The lowest BCUT2D eigenvalue weighted by molar-refractivity contribution is 0.640. The summed E-state index contributed by atoms with van der Waals surface area (Å²) in [5.41, 5.74) is 2.24. The lowest BCUT2D eigenvalue weighted by atomic mass is 10.0. The van der Waals surface area contributed by atoms with Crippen LogP contribution in [0.15, 0.2) is 29.6 Å². The van der Waals surface area contributed by atoms with E-state index in [0.29, 0.717) is 0 Å². The van der Waals surface area contributed by atoms with Crippen molar-refractivity contribution in [3.8, 4) is 0 Å². The Labute approximate surface area is 122 Å². The average Bonchev–Trinajstić information content (AvgIpc) is 2.73. The second-order valence-electron chi connectivity index (χ2n) is 4.15. The van der Waals surface area contributed by atoms with Crippen LogP contribution < -0.4 is 5.32 Å². The van der Waals surface area contributed by atoms with Gasteiger partial charge in [0.05, 0.1) is 11.1 Å². The number of thiophene rings is 1. The topological polar surface area (TPSA) is 12.0 Å². The van der Waals surface area contributed by atoms with Gasteiger partial charge in [0.25, 0.3) is 0 Å². The molecule has 2 aromatic rings. The highest BCUT2D eigenvalue weighted by Gasteiger charge is 2.19. The lowest BCUT2D eigenvalue weighted by Gasteiger charge is -2.19. The van der Waals surface area contributed by atoms with Crippen LogP contribution in [0.25, 0.3) is 0 Å². The van der Waals surface area contributed by atoms with Crippen LogP contribution in [0.3, 0.4) is 0 Å². The summed E-state index contributed by atoms with van der Waals surface area (Å²) in [5, 5.41) is 7.02. The number of benzene rings is 1. The van der Waals surface area contributed by atoms with Crippen LogP contribution in [-0.2, 0) is 0 Å². The minimum absolute atomic E-state index is 0.0654. The van der Waals surface area contributed by atoms with Gasteiger partial charge in [0.15, 0.2) is 0 Å². The molecule has 1 nitrogen and oxygen atoms in total. The molecule has 0 amide bonds. The third-order valence-corrected chi connectivity index (χ3v) is 4.53. The Balaban J connectivity index is 2.45. The van der Waals surface area contributed by atoms with Crippen molar-refractivity contribution in [2.24, 2.45) is 0 Å². The third-order valence-electron chi connectivity index (χ3n) is 2.78. The molecule has 1 N–H and O–H groups in total. The lowest BCUT2D eigenvalue weighted by Crippen LogP contribution is -2.21. The Kier molecular flexibility index (Phi) is 4.68. The number of hydrogen-bond acceptors (Lipinski definition) is 2. The molecule has 1 aromatic carbocycles. The Morgan fingerprint density at radius 2 is 2.00 bits per heavy atom. The molecule has 0 bridgehead atoms. The van der Waals surface area contributed by atoms with Crippen molar-refractivity contribution < 1.29 is 0 Å². The summed E-state index contributed by atoms with van der Waals surface area (Å²) in [5.74, 6) is 0. The molecule has 1 atom stereocenters. The van der Waals surface area contributed by atoms with E-state index in [1.807, 2.05) is 24.4 Å². The van der Waals surface area contributed by atoms with E-state index < -0.39 is 0 Å². The highest BCUT2D eigenvalue weighted by molar-refractivity contribution is 7.10. The first-order chi connectivity index (χ1) is 8.63. The Bertz CT molecular complexity index is 536. The summed E-state index contributed by atoms with van der Waals surface area (Å²) < 4.78 is 0. The molecule has 0 fully saturated rings. The Morgan fingerprint density at radius 1 is 1.22 bits per heavy atom. The van der Waals surface area contributed by atoms with Crippen molar-refractivity contribution in [1.82, 2.24) is 5.32 Å². The first kappa shape index (κ1) is 13.9. The van der Waals surface area contributed by atoms with Crippen molar-refractivity contribution in [3.63, 3.8) is 0 Å². The van der Waals surface area contributed by atoms with Gasteiger partial charge in [0.1, 0.15) is 0 Å². The largest absolute Gasteiger partial charge is 0.306 e. The Hall–Kier alpha value is -0.540. The molecular weight excluding hydrogens is 285 g/mol. The van der Waals surface area contributed by atoms with Crippen LogP contribution >= 0.6 is 34.5 Å². The summed E-state index contributed by atoms with van der Waals surface area (Å²) in [6, 6.07) is 8.13. The fourth-order valence-corrected chi connectivity index (χ4v) is 3.53. The van der Waals surface area contributed by atoms with Gasteiger partial charge in [-0.25, -0.2) is 0 Å². The molecule has 1 unspecified atom stereocenters. The Morgan fingerprint density at radius 3 is 2.56 bits per heavy atom. The molecule has 0 saturated carbocycles. The van der Waals surface area contributed by atoms with E-state index in [9.17, 15) is 0 Å². The summed E-state index contributed by atoms with van der Waals surface area (Å²) >= 11 is 14.2. The monoisotopic (exact) mass is 299 g/mol. The maximum Gasteiger partial charge on any atom is 0.0700 e. The van der Waals surface area contributed by atoms with Crippen LogP contribution in [0.4, 0.5) is 0 Å². The van der Waals surface area contributed by atoms with Gasteiger partial charge in [0.2, 0.25) is 0 Å². The molecule has 0 aliphatic heterocycles. The van der Waals surface area contributed by atoms with Crippen LogP contribution in [0, 0.1) is 6.92 Å². The standard InChI is InChI=1S/C14H15Cl2NS/c1-3-17-13(14-11(15)6-7-18-14)10-5-4-9(2)8-12(10)16/h4-8,13,17H,3H2,1-2H3. The normalized spacial score (nSPS) is 12.7. The third kappa shape index (κ3) is 2.89. The van der Waals surface area contributed by atoms with Crippen LogP contribution in [0.1, 0.15) is 29.0 Å². The maximum atomic E-state index is 6.35. The van der Waals surface area contributed by atoms with E-state index in [1.54, 1.807) is 11.3 Å². The van der Waals surface area contributed by atoms with E-state index >= 15 is 0 Å². The van der Waals surface area contributed by atoms with E-state index in [-0.39, 0.29) is 6.04 Å². The van der Waals surface area contributed by atoms with Gasteiger partial charge in [-0.05, 0) is 42.1 Å². The van der Waals surface area contributed by atoms with Crippen molar-refractivity contribution in [1.29, 1.82) is 0 Å². The SMILES string of the molecule is CCNC(c1ccc(C)cc1Cl)c1sccc1Cl. The first-order valence-electron chi connectivity index (χ1n) is 5.85. The fourth-order valence-electron chi connectivity index (χ4n) is 1.93. The summed E-state index contributed by atoms with van der Waals surface area (Å²) in [6.45, 7) is 4.98. The van der Waals surface area contributed by atoms with Gasteiger partial charge >= 0.3 is 0 Å². The maximum absolute atomic E-state index is 6.35. The molecule has 2 rings (SSSR count). The zero-order valence-corrected chi connectivity index (χ0v) is 12.7. The molecule has 0 saturated heterocycles. The molecule has 1 heterocycles. The van der Waals surface area contributed by atoms with Gasteiger partial charge in [-0.1, -0.05) is 42.3 Å². The van der Waals surface area contributed by atoms with Crippen LogP contribution in [0.5, 0.6) is 0 Å². The number of rotatable bonds is 4. The highest BCUT2D eigenvalue weighted by Crippen LogP contribution is 2.35. The van der Waals surface area contributed by atoms with Crippen molar-refractivity contribution in [2.45, 2.75) is 19.9 Å². The van der Waals surface area contributed by atoms with Gasteiger partial charge < -0.3 is 5.32 Å². The number of nitrogens with one attached hydrogen (secondary N) is 1. The van der Waals surface area contributed by atoms with Gasteiger partial charge in [0, 0.05) is 9.90 Å². The van der Waals surface area contributed by atoms with Gasteiger partial charge in [-0.2, -0.15) is 0 Å². The van der Waals surface area contributed by atoms with Crippen LogP contribution in [0.2, 0.25) is 10.0 Å². The average molecular weight is 300 g/mol. The minimum atomic E-state index is 0.0654. The second-order valence-corrected chi connectivity index (χ2v) is 5.91. The van der Waals surface area contributed by atoms with E-state index in [1.165, 1.54) is 0 Å². The molecular formula is C14H15Cl2NS. The quantitative estimate of drug-likeness (QED) is 0.832. The van der Waals surface area contributed by atoms with Gasteiger partial charge in [-0.15, -0.1) is 11.3 Å². The van der Waals surface area contributed by atoms with E-state index in [4.69, 9.17) is 23.2 Å². The first-order valence-corrected chi connectivity index (χ1v) is 7.49. The van der Waals surface area contributed by atoms with Crippen molar-refractivity contribution in [3.05, 3.63) is 55.7 Å². The number of aryl methyl sites for hydroxylation is 1. The predicted octanol–water partition coefficient (Wildman–Crippen LogP) is 5.06. The molecule has 96 valence electrons. The minimum Gasteiger partial charge on any atom is -0.306 e. The molecule has 4 heteroatoms. The molecule has 0 radical (unpaired) electrons. The summed E-state index contributed by atoms with van der Waals surface area (Å²) in [4.78, 5) is 1.12. The van der Waals surface area contributed by atoms with E-state index in [0.717, 1.165) is 32.6 Å². The molecule has 18 heavy (non-hydrogen) atoms. The highest BCUT2D eigenvalue weighted by atomic mass is 35.5. The number of halogens is 2. The second kappa shape index (κ2) is 6.07. The molecule has 1 aromatic heterocycles. The van der Waals surface area contributed by atoms with Crippen LogP contribution in [-0.4, -0.2) is 6.54 Å². The van der Waals surface area contributed by atoms with Crippen molar-refractivity contribution >= 4 is 34.5 Å². The molecule has 0 aliphatic rings. The smallest absolute Gasteiger partial charge is 0.0700 e. The zero-order chi connectivity index (χ0) is 13.1. The fraction of sp³-hybridized carbons (Fsp3) is 0.286. The van der Waals surface area contributed by atoms with Gasteiger partial charge in [-0.3, -0.25) is 0 Å². The zero-order valence-electron chi connectivity index (χ0n) is 10.3. The van der Waals surface area contributed by atoms with Crippen molar-refractivity contribution in [2.75, 3.05) is 6.54 Å². The molecule has 0 spiro atoms.